The van der Waals surface area contributed by atoms with Crippen LogP contribution in [0.4, 0.5) is 31.5 Å². The maximum Gasteiger partial charge on any atom is 0.134 e. The summed E-state index contributed by atoms with van der Waals surface area (Å²) in [7, 11) is 0. The zero-order chi connectivity index (χ0) is 37.9. The number of benzene rings is 2. The van der Waals surface area contributed by atoms with Crippen LogP contribution >= 0.6 is 23.2 Å². The van der Waals surface area contributed by atoms with Crippen molar-refractivity contribution in [2.24, 2.45) is 11.8 Å². The molecule has 10 rings (SSSR count). The van der Waals surface area contributed by atoms with Crippen LogP contribution in [0.2, 0.25) is 10.0 Å². The third-order valence-corrected chi connectivity index (χ3v) is 11.1. The van der Waals surface area contributed by atoms with Gasteiger partial charge >= 0.3 is 0 Å². The summed E-state index contributed by atoms with van der Waals surface area (Å²) in [5, 5.41) is 17.2. The lowest BCUT2D eigenvalue weighted by Gasteiger charge is -2.12. The zero-order valence-electron chi connectivity index (χ0n) is 29.7. The number of hydrogen-bond donors (Lipinski definition) is 2. The Morgan fingerprint density at radius 1 is 0.714 bits per heavy atom. The van der Waals surface area contributed by atoms with Crippen molar-refractivity contribution in [3.8, 4) is 22.5 Å². The molecule has 2 aliphatic rings. The summed E-state index contributed by atoms with van der Waals surface area (Å²) in [6.07, 6.45) is 13.7. The Kier molecular flexibility index (Phi) is 8.59. The fourth-order valence-corrected chi connectivity index (χ4v) is 7.87. The van der Waals surface area contributed by atoms with E-state index >= 15 is 4.39 Å². The highest BCUT2D eigenvalue weighted by Crippen LogP contribution is 2.51. The molecule has 278 valence electrons. The van der Waals surface area contributed by atoms with Crippen molar-refractivity contribution in [1.29, 1.82) is 0 Å². The average Bonchev–Trinajstić information content (AvgIpc) is 4.09. The summed E-state index contributed by atoms with van der Waals surface area (Å²) in [5.74, 6) is 0.172. The minimum atomic E-state index is -0.409. The summed E-state index contributed by atoms with van der Waals surface area (Å²) >= 11 is 13.0. The van der Waals surface area contributed by atoms with Crippen molar-refractivity contribution >= 4 is 68.0 Å². The molecule has 2 aliphatic carbocycles. The van der Waals surface area contributed by atoms with Gasteiger partial charge in [-0.25, -0.2) is 8.78 Å². The Labute approximate surface area is 329 Å². The van der Waals surface area contributed by atoms with E-state index in [-0.39, 0.29) is 17.7 Å². The van der Waals surface area contributed by atoms with E-state index in [4.69, 9.17) is 28.3 Å². The van der Waals surface area contributed by atoms with Gasteiger partial charge in [-0.05, 0) is 109 Å². The molecule has 2 unspecified atom stereocenters. The summed E-state index contributed by atoms with van der Waals surface area (Å²) < 4.78 is 34.3. The van der Waals surface area contributed by atoms with Crippen LogP contribution in [0.3, 0.4) is 0 Å². The minimum absolute atomic E-state index is 0.0848. The van der Waals surface area contributed by atoms with Gasteiger partial charge in [0.15, 0.2) is 0 Å². The Morgan fingerprint density at radius 3 is 2.18 bits per heavy atom. The van der Waals surface area contributed by atoms with Crippen molar-refractivity contribution in [1.82, 2.24) is 39.5 Å². The molecule has 0 bridgehead atoms. The molecule has 0 spiro atoms. The molecule has 2 atom stereocenters. The molecular weight excluding hydrogens is 753 g/mol. The monoisotopic (exact) mass is 784 g/mol. The first kappa shape index (κ1) is 34.5. The molecule has 2 fully saturated rings. The molecule has 2 N–H and O–H groups in total. The molecule has 0 radical (unpaired) electrons. The Balaban J connectivity index is 0.842. The highest BCUT2D eigenvalue weighted by atomic mass is 35.5. The van der Waals surface area contributed by atoms with Crippen LogP contribution in [0, 0.1) is 23.5 Å². The predicted molar refractivity (Wildman–Crippen MR) is 214 cm³/mol. The predicted octanol–water partition coefficient (Wildman–Crippen LogP) is 10.6. The molecule has 2 aromatic carbocycles. The first-order chi connectivity index (χ1) is 27.3. The number of hydrogen-bond acceptors (Lipinski definition) is 8. The van der Waals surface area contributed by atoms with Gasteiger partial charge in [0.1, 0.15) is 33.7 Å². The second-order valence-electron chi connectivity index (χ2n) is 14.5. The number of halogens is 4. The Bertz CT molecular complexity index is 2800. The van der Waals surface area contributed by atoms with Crippen LogP contribution < -0.4 is 10.6 Å². The third kappa shape index (κ3) is 6.79. The molecule has 0 amide bonds. The van der Waals surface area contributed by atoms with E-state index in [9.17, 15) is 4.39 Å². The standard InChI is InChI=1S/C42H32Cl2F2N10/c43-25-3-4-33(45)30(14-25)37-15-26(5-9-47-37)52-35-7-11-50-40-22-55(54-41(35)40)21-24-13-28(24)29-18-34(46)31(17-32(29)44)38-16-27(6-10-48-38)53-36-8-12-49-39-19-51-56(42(36)39)20-23-1-2-23/h3-12,14-19,22-24,28H,1-2,13,20-21H2,(H,47,52)(H,48,49,53). The first-order valence-corrected chi connectivity index (χ1v) is 19.1. The van der Waals surface area contributed by atoms with E-state index in [2.05, 4.69) is 35.7 Å². The quantitative estimate of drug-likeness (QED) is 0.133. The number of pyridine rings is 4. The number of nitrogens with one attached hydrogen (secondary N) is 2. The van der Waals surface area contributed by atoms with Crippen molar-refractivity contribution in [3.05, 3.63) is 131 Å². The van der Waals surface area contributed by atoms with Crippen molar-refractivity contribution in [3.63, 3.8) is 0 Å². The van der Waals surface area contributed by atoms with E-state index in [1.807, 2.05) is 39.8 Å². The van der Waals surface area contributed by atoms with Gasteiger partial charge in [-0.15, -0.1) is 0 Å². The molecule has 6 aromatic heterocycles. The first-order valence-electron chi connectivity index (χ1n) is 18.4. The lowest BCUT2D eigenvalue weighted by atomic mass is 10.0. The third-order valence-electron chi connectivity index (χ3n) is 10.5. The van der Waals surface area contributed by atoms with E-state index < -0.39 is 5.82 Å². The van der Waals surface area contributed by atoms with E-state index in [0.717, 1.165) is 52.1 Å². The van der Waals surface area contributed by atoms with Crippen molar-refractivity contribution < 1.29 is 8.78 Å². The molecule has 14 heteroatoms. The second kappa shape index (κ2) is 13.9. The molecular formula is C42H32Cl2F2N10. The lowest BCUT2D eigenvalue weighted by molar-refractivity contribution is 0.557. The number of anilines is 4. The van der Waals surface area contributed by atoms with Gasteiger partial charge in [-0.2, -0.15) is 10.2 Å². The smallest absolute Gasteiger partial charge is 0.134 e. The van der Waals surface area contributed by atoms with Gasteiger partial charge in [0, 0.05) is 70.4 Å². The van der Waals surface area contributed by atoms with Crippen LogP contribution in [0.5, 0.6) is 0 Å². The molecule has 2 saturated carbocycles. The summed E-state index contributed by atoms with van der Waals surface area (Å²) in [6.45, 7) is 1.48. The van der Waals surface area contributed by atoms with Gasteiger partial charge in [0.25, 0.3) is 0 Å². The normalized spacial score (nSPS) is 16.4. The van der Waals surface area contributed by atoms with Gasteiger partial charge in [0.2, 0.25) is 0 Å². The molecule has 0 aliphatic heterocycles. The average molecular weight is 786 g/mol. The fourth-order valence-electron chi connectivity index (χ4n) is 7.39. The number of aromatic nitrogens is 8. The van der Waals surface area contributed by atoms with Crippen LogP contribution in [0.25, 0.3) is 44.6 Å². The summed E-state index contributed by atoms with van der Waals surface area (Å²) in [6, 6.07) is 18.6. The largest absolute Gasteiger partial charge is 0.354 e. The van der Waals surface area contributed by atoms with Crippen molar-refractivity contribution in [2.75, 3.05) is 10.6 Å². The molecule has 8 aromatic rings. The van der Waals surface area contributed by atoms with Gasteiger partial charge in [0.05, 0.1) is 35.2 Å². The van der Waals surface area contributed by atoms with Crippen LogP contribution in [0.1, 0.15) is 30.7 Å². The van der Waals surface area contributed by atoms with E-state index in [0.29, 0.717) is 56.2 Å². The summed E-state index contributed by atoms with van der Waals surface area (Å²) in [5.41, 5.74) is 8.61. The fraction of sp³-hybridized carbons (Fsp3) is 0.190. The lowest BCUT2D eigenvalue weighted by Crippen LogP contribution is -2.04. The van der Waals surface area contributed by atoms with E-state index in [1.54, 1.807) is 61.3 Å². The van der Waals surface area contributed by atoms with Crippen LogP contribution in [-0.2, 0) is 13.1 Å². The maximum atomic E-state index is 15.9. The molecule has 0 saturated heterocycles. The summed E-state index contributed by atoms with van der Waals surface area (Å²) in [4.78, 5) is 17.9. The Hall–Kier alpha value is -5.98. The van der Waals surface area contributed by atoms with Crippen molar-refractivity contribution in [2.45, 2.75) is 38.3 Å². The van der Waals surface area contributed by atoms with Crippen LogP contribution in [0.15, 0.2) is 104 Å². The SMILES string of the molecule is Fc1ccc(Cl)cc1-c1cc(Nc2ccnc3cn(CC4CC4c4cc(F)c(-c5cc(Nc6ccnc7cnn(CC8CC8)c67)ccn5)cc4Cl)nc23)ccn1. The topological polar surface area (TPSA) is 111 Å². The number of fused-ring (bicyclic) bond motifs is 2. The second-order valence-corrected chi connectivity index (χ2v) is 15.3. The van der Waals surface area contributed by atoms with Gasteiger partial charge in [-0.3, -0.25) is 29.3 Å². The number of rotatable bonds is 11. The van der Waals surface area contributed by atoms with Gasteiger partial charge in [-0.1, -0.05) is 23.2 Å². The maximum absolute atomic E-state index is 15.9. The number of nitrogens with zero attached hydrogens (tertiary/aromatic N) is 8. The highest BCUT2D eigenvalue weighted by molar-refractivity contribution is 6.32. The highest BCUT2D eigenvalue weighted by Gasteiger charge is 2.40. The zero-order valence-corrected chi connectivity index (χ0v) is 31.2. The molecule has 56 heavy (non-hydrogen) atoms. The minimum Gasteiger partial charge on any atom is -0.354 e. The van der Waals surface area contributed by atoms with Crippen LogP contribution in [-0.4, -0.2) is 39.5 Å². The van der Waals surface area contributed by atoms with E-state index in [1.165, 1.54) is 25.0 Å². The molecule has 6 heterocycles. The van der Waals surface area contributed by atoms with Gasteiger partial charge < -0.3 is 10.6 Å². The molecule has 10 nitrogen and oxygen atoms in total. The Morgan fingerprint density at radius 2 is 1.41 bits per heavy atom.